The van der Waals surface area contributed by atoms with Crippen LogP contribution in [0.4, 0.5) is 5.13 Å². The Balaban J connectivity index is 1.53. The summed E-state index contributed by atoms with van der Waals surface area (Å²) in [6, 6.07) is 15.2. The van der Waals surface area contributed by atoms with Gasteiger partial charge in [0, 0.05) is 12.0 Å². The zero-order chi connectivity index (χ0) is 17.6. The van der Waals surface area contributed by atoms with Crippen molar-refractivity contribution in [1.29, 1.82) is 0 Å². The van der Waals surface area contributed by atoms with Crippen LogP contribution in [0, 0.1) is 13.8 Å². The number of benzene rings is 2. The molecule has 3 rings (SSSR count). The van der Waals surface area contributed by atoms with Crippen molar-refractivity contribution in [3.05, 3.63) is 70.2 Å². The van der Waals surface area contributed by atoms with Crippen molar-refractivity contribution in [1.82, 2.24) is 10.2 Å². The van der Waals surface area contributed by atoms with E-state index in [1.165, 1.54) is 16.9 Å². The largest absolute Gasteiger partial charge is 0.493 e. The van der Waals surface area contributed by atoms with Gasteiger partial charge in [-0.05, 0) is 43.2 Å². The Morgan fingerprint density at radius 2 is 1.92 bits per heavy atom. The SMILES string of the molecule is Cc1ccc(C)c(OCCc2nnc(NC(=O)c3ccccc3)s2)c1. The number of aryl methyl sites for hydroxylation is 2. The molecular formula is C19H19N3O2S. The number of carbonyl (C=O) groups excluding carboxylic acids is 1. The number of aromatic nitrogens is 2. The second kappa shape index (κ2) is 7.90. The first-order valence-electron chi connectivity index (χ1n) is 8.00. The molecule has 0 saturated heterocycles. The van der Waals surface area contributed by atoms with Gasteiger partial charge in [-0.15, -0.1) is 10.2 Å². The van der Waals surface area contributed by atoms with Crippen LogP contribution in [-0.2, 0) is 6.42 Å². The lowest BCUT2D eigenvalue weighted by molar-refractivity contribution is 0.102. The molecule has 1 amide bonds. The highest BCUT2D eigenvalue weighted by Gasteiger charge is 2.10. The molecule has 128 valence electrons. The Kier molecular flexibility index (Phi) is 5.40. The molecule has 0 saturated carbocycles. The van der Waals surface area contributed by atoms with E-state index in [2.05, 4.69) is 21.6 Å². The Morgan fingerprint density at radius 3 is 2.72 bits per heavy atom. The zero-order valence-electron chi connectivity index (χ0n) is 14.2. The maximum Gasteiger partial charge on any atom is 0.257 e. The molecule has 0 spiro atoms. The Bertz CT molecular complexity index is 862. The fourth-order valence-corrected chi connectivity index (χ4v) is 2.99. The fourth-order valence-electron chi connectivity index (χ4n) is 2.28. The lowest BCUT2D eigenvalue weighted by Gasteiger charge is -2.08. The Hall–Kier alpha value is -2.73. The monoisotopic (exact) mass is 353 g/mol. The summed E-state index contributed by atoms with van der Waals surface area (Å²) in [6.45, 7) is 4.58. The summed E-state index contributed by atoms with van der Waals surface area (Å²) >= 11 is 1.36. The first kappa shape index (κ1) is 17.1. The molecule has 1 heterocycles. The number of nitrogens with zero attached hydrogens (tertiary/aromatic N) is 2. The van der Waals surface area contributed by atoms with Gasteiger partial charge in [-0.1, -0.05) is 41.7 Å². The molecule has 6 heteroatoms. The summed E-state index contributed by atoms with van der Waals surface area (Å²) in [5, 5.41) is 12.2. The topological polar surface area (TPSA) is 64.1 Å². The van der Waals surface area contributed by atoms with Crippen molar-refractivity contribution in [3.8, 4) is 5.75 Å². The van der Waals surface area contributed by atoms with Crippen LogP contribution < -0.4 is 10.1 Å². The number of rotatable bonds is 6. The van der Waals surface area contributed by atoms with Crippen molar-refractivity contribution < 1.29 is 9.53 Å². The first-order valence-corrected chi connectivity index (χ1v) is 8.82. The van der Waals surface area contributed by atoms with Crippen molar-refractivity contribution in [2.24, 2.45) is 0 Å². The number of anilines is 1. The third-order valence-corrected chi connectivity index (χ3v) is 4.54. The molecular weight excluding hydrogens is 334 g/mol. The van der Waals surface area contributed by atoms with E-state index in [1.807, 2.05) is 44.2 Å². The van der Waals surface area contributed by atoms with E-state index in [9.17, 15) is 4.79 Å². The fraction of sp³-hybridized carbons (Fsp3) is 0.211. The minimum atomic E-state index is -0.185. The summed E-state index contributed by atoms with van der Waals surface area (Å²) in [6.07, 6.45) is 0.645. The van der Waals surface area contributed by atoms with Crippen molar-refractivity contribution in [2.45, 2.75) is 20.3 Å². The summed E-state index contributed by atoms with van der Waals surface area (Å²) in [5.74, 6) is 0.706. The van der Waals surface area contributed by atoms with Crippen LogP contribution in [-0.4, -0.2) is 22.7 Å². The van der Waals surface area contributed by atoms with Gasteiger partial charge in [0.25, 0.3) is 5.91 Å². The second-order valence-electron chi connectivity index (χ2n) is 5.69. The summed E-state index contributed by atoms with van der Waals surface area (Å²) in [7, 11) is 0. The zero-order valence-corrected chi connectivity index (χ0v) is 15.0. The lowest BCUT2D eigenvalue weighted by atomic mass is 10.1. The van der Waals surface area contributed by atoms with E-state index in [4.69, 9.17) is 4.74 Å². The van der Waals surface area contributed by atoms with Crippen LogP contribution >= 0.6 is 11.3 Å². The predicted molar refractivity (Wildman–Crippen MR) is 99.4 cm³/mol. The van der Waals surface area contributed by atoms with Gasteiger partial charge >= 0.3 is 0 Å². The predicted octanol–water partition coefficient (Wildman–Crippen LogP) is 4.03. The van der Waals surface area contributed by atoms with Crippen LogP contribution in [0.25, 0.3) is 0 Å². The van der Waals surface area contributed by atoms with Crippen LogP contribution in [0.15, 0.2) is 48.5 Å². The van der Waals surface area contributed by atoms with Crippen molar-refractivity contribution in [3.63, 3.8) is 0 Å². The number of carbonyl (C=O) groups is 1. The molecule has 0 unspecified atom stereocenters. The Morgan fingerprint density at radius 1 is 1.12 bits per heavy atom. The van der Waals surface area contributed by atoms with Crippen LogP contribution in [0.3, 0.4) is 0 Å². The highest BCUT2D eigenvalue weighted by Crippen LogP contribution is 2.20. The van der Waals surface area contributed by atoms with Gasteiger partial charge in [0.1, 0.15) is 10.8 Å². The quantitative estimate of drug-likeness (QED) is 0.727. The molecule has 0 bridgehead atoms. The van der Waals surface area contributed by atoms with Crippen molar-refractivity contribution >= 4 is 22.4 Å². The average Bonchev–Trinajstić information content (AvgIpc) is 3.06. The lowest BCUT2D eigenvalue weighted by Crippen LogP contribution is -2.11. The standard InChI is InChI=1S/C19H19N3O2S/c1-13-8-9-14(2)16(12-13)24-11-10-17-21-22-19(25-17)20-18(23)15-6-4-3-5-7-15/h3-9,12H,10-11H2,1-2H3,(H,20,22,23). The van der Waals surface area contributed by atoms with Gasteiger partial charge in [-0.3, -0.25) is 10.1 Å². The van der Waals surface area contributed by atoms with Gasteiger partial charge < -0.3 is 4.74 Å². The van der Waals surface area contributed by atoms with E-state index in [0.717, 1.165) is 16.3 Å². The number of amides is 1. The molecule has 3 aromatic rings. The maximum atomic E-state index is 12.1. The maximum absolute atomic E-state index is 12.1. The van der Waals surface area contributed by atoms with Gasteiger partial charge in [0.2, 0.25) is 5.13 Å². The molecule has 0 radical (unpaired) electrons. The minimum absolute atomic E-state index is 0.185. The smallest absolute Gasteiger partial charge is 0.257 e. The highest BCUT2D eigenvalue weighted by atomic mass is 32.1. The first-order chi connectivity index (χ1) is 12.1. The minimum Gasteiger partial charge on any atom is -0.493 e. The van der Waals surface area contributed by atoms with E-state index in [-0.39, 0.29) is 5.91 Å². The van der Waals surface area contributed by atoms with Gasteiger partial charge in [0.15, 0.2) is 0 Å². The number of hydrogen-bond donors (Lipinski definition) is 1. The summed E-state index contributed by atoms with van der Waals surface area (Å²) < 4.78 is 5.83. The third kappa shape index (κ3) is 4.64. The molecule has 0 aliphatic rings. The van der Waals surface area contributed by atoms with E-state index in [0.29, 0.717) is 23.7 Å². The molecule has 0 fully saturated rings. The molecule has 5 nitrogen and oxygen atoms in total. The van der Waals surface area contributed by atoms with E-state index < -0.39 is 0 Å². The van der Waals surface area contributed by atoms with Gasteiger partial charge in [0.05, 0.1) is 6.61 Å². The van der Waals surface area contributed by atoms with Crippen LogP contribution in [0.1, 0.15) is 26.5 Å². The number of ether oxygens (including phenoxy) is 1. The molecule has 1 N–H and O–H groups in total. The molecule has 0 aliphatic heterocycles. The van der Waals surface area contributed by atoms with Gasteiger partial charge in [-0.2, -0.15) is 0 Å². The van der Waals surface area contributed by atoms with E-state index >= 15 is 0 Å². The number of hydrogen-bond acceptors (Lipinski definition) is 5. The molecule has 1 aromatic heterocycles. The van der Waals surface area contributed by atoms with Crippen LogP contribution in [0.2, 0.25) is 0 Å². The molecule has 25 heavy (non-hydrogen) atoms. The Labute approximate surface area is 150 Å². The molecule has 0 atom stereocenters. The summed E-state index contributed by atoms with van der Waals surface area (Å²) in [5.41, 5.74) is 2.87. The molecule has 0 aliphatic carbocycles. The molecule has 2 aromatic carbocycles. The number of nitrogens with one attached hydrogen (secondary N) is 1. The highest BCUT2D eigenvalue weighted by molar-refractivity contribution is 7.15. The van der Waals surface area contributed by atoms with Gasteiger partial charge in [-0.25, -0.2) is 0 Å². The summed E-state index contributed by atoms with van der Waals surface area (Å²) in [4.78, 5) is 12.1. The average molecular weight is 353 g/mol. The van der Waals surface area contributed by atoms with E-state index in [1.54, 1.807) is 12.1 Å². The van der Waals surface area contributed by atoms with Crippen molar-refractivity contribution in [2.75, 3.05) is 11.9 Å². The van der Waals surface area contributed by atoms with Crippen LogP contribution in [0.5, 0.6) is 5.75 Å². The second-order valence-corrected chi connectivity index (χ2v) is 6.75. The third-order valence-electron chi connectivity index (χ3n) is 3.64. The normalized spacial score (nSPS) is 10.5.